The third-order valence-corrected chi connectivity index (χ3v) is 6.46. The van der Waals surface area contributed by atoms with E-state index in [1.165, 1.54) is 11.1 Å². The van der Waals surface area contributed by atoms with E-state index in [0.29, 0.717) is 32.2 Å². The monoisotopic (exact) mass is 420 g/mol. The second-order valence-electron chi connectivity index (χ2n) is 8.81. The molecular weight excluding hydrogens is 388 g/mol. The molecule has 1 saturated heterocycles. The van der Waals surface area contributed by atoms with Crippen LogP contribution >= 0.6 is 0 Å². The summed E-state index contributed by atoms with van der Waals surface area (Å²) >= 11 is 0. The summed E-state index contributed by atoms with van der Waals surface area (Å²) in [6, 6.07) is 16.3. The zero-order chi connectivity index (χ0) is 21.8. The van der Waals surface area contributed by atoms with Gasteiger partial charge in [0.25, 0.3) is 0 Å². The quantitative estimate of drug-likeness (QED) is 0.731. The van der Waals surface area contributed by atoms with Gasteiger partial charge in [0, 0.05) is 18.8 Å². The highest BCUT2D eigenvalue weighted by Crippen LogP contribution is 2.34. The third kappa shape index (κ3) is 4.82. The van der Waals surface area contributed by atoms with Gasteiger partial charge < -0.3 is 14.5 Å². The summed E-state index contributed by atoms with van der Waals surface area (Å²) in [5.74, 6) is 0.213. The fourth-order valence-corrected chi connectivity index (χ4v) is 4.58. The van der Waals surface area contributed by atoms with Crippen molar-refractivity contribution in [3.8, 4) is 0 Å². The molecule has 2 amide bonds. The van der Waals surface area contributed by atoms with Gasteiger partial charge >= 0.3 is 0 Å². The number of fused-ring (bicyclic) bond motifs is 1. The van der Waals surface area contributed by atoms with Gasteiger partial charge in [-0.05, 0) is 54.0 Å². The molecule has 2 aromatic carbocycles. The van der Waals surface area contributed by atoms with Crippen LogP contribution in [0.2, 0.25) is 0 Å². The van der Waals surface area contributed by atoms with Crippen LogP contribution in [0.5, 0.6) is 0 Å². The van der Waals surface area contributed by atoms with Crippen LogP contribution in [0.25, 0.3) is 0 Å². The summed E-state index contributed by atoms with van der Waals surface area (Å²) in [6.07, 6.45) is 2.82. The van der Waals surface area contributed by atoms with Crippen molar-refractivity contribution in [2.45, 2.75) is 44.9 Å². The van der Waals surface area contributed by atoms with Crippen molar-refractivity contribution < 1.29 is 14.3 Å². The van der Waals surface area contributed by atoms with Gasteiger partial charge in [0.05, 0.1) is 19.1 Å². The molecule has 0 spiro atoms. The van der Waals surface area contributed by atoms with Crippen molar-refractivity contribution in [3.63, 3.8) is 0 Å². The number of ether oxygens (including phenoxy) is 1. The van der Waals surface area contributed by atoms with Crippen molar-refractivity contribution in [2.75, 3.05) is 37.7 Å². The molecule has 164 valence electrons. The average Bonchev–Trinajstić information content (AvgIpc) is 2.82. The lowest BCUT2D eigenvalue weighted by Gasteiger charge is -2.33. The molecule has 31 heavy (non-hydrogen) atoms. The second kappa shape index (κ2) is 9.65. The predicted molar refractivity (Wildman–Crippen MR) is 122 cm³/mol. The number of anilines is 1. The minimum atomic E-state index is -0.202. The Hall–Kier alpha value is -2.66. The molecule has 1 aliphatic carbocycles. The summed E-state index contributed by atoms with van der Waals surface area (Å²) < 4.78 is 5.38. The highest BCUT2D eigenvalue weighted by molar-refractivity contribution is 6.02. The first kappa shape index (κ1) is 21.6. The van der Waals surface area contributed by atoms with Crippen LogP contribution < -0.4 is 4.90 Å². The van der Waals surface area contributed by atoms with Crippen LogP contribution in [0.15, 0.2) is 48.5 Å². The molecule has 1 atom stereocenters. The molecule has 0 aromatic heterocycles. The lowest BCUT2D eigenvalue weighted by Crippen LogP contribution is -2.48. The Morgan fingerprint density at radius 3 is 2.48 bits per heavy atom. The number of carbonyl (C=O) groups is 2. The Morgan fingerprint density at radius 2 is 1.77 bits per heavy atom. The topological polar surface area (TPSA) is 49.9 Å². The van der Waals surface area contributed by atoms with Crippen molar-refractivity contribution in [1.82, 2.24) is 4.90 Å². The minimum absolute atomic E-state index is 0.0195. The maximum Gasteiger partial charge on any atom is 0.242 e. The van der Waals surface area contributed by atoms with Crippen molar-refractivity contribution >= 4 is 17.5 Å². The van der Waals surface area contributed by atoms with E-state index in [4.69, 9.17) is 4.74 Å². The van der Waals surface area contributed by atoms with E-state index in [-0.39, 0.29) is 24.3 Å². The molecule has 1 fully saturated rings. The van der Waals surface area contributed by atoms with Gasteiger partial charge in [0.15, 0.2) is 0 Å². The summed E-state index contributed by atoms with van der Waals surface area (Å²) in [5.41, 5.74) is 4.38. The van der Waals surface area contributed by atoms with E-state index in [9.17, 15) is 9.59 Å². The molecule has 4 rings (SSSR count). The molecular formula is C26H32N2O3. The Morgan fingerprint density at radius 1 is 1.06 bits per heavy atom. The Bertz CT molecular complexity index is 917. The minimum Gasteiger partial charge on any atom is -0.378 e. The van der Waals surface area contributed by atoms with Crippen LogP contribution in [0.3, 0.4) is 0 Å². The number of benzene rings is 2. The Labute approximate surface area is 185 Å². The number of hydrogen-bond acceptors (Lipinski definition) is 3. The van der Waals surface area contributed by atoms with Crippen molar-refractivity contribution in [3.05, 3.63) is 65.2 Å². The van der Waals surface area contributed by atoms with Crippen LogP contribution in [0.1, 0.15) is 55.2 Å². The number of rotatable bonds is 5. The van der Waals surface area contributed by atoms with E-state index in [1.807, 2.05) is 24.3 Å². The molecule has 0 saturated carbocycles. The zero-order valence-electron chi connectivity index (χ0n) is 18.5. The van der Waals surface area contributed by atoms with Crippen molar-refractivity contribution in [2.24, 2.45) is 0 Å². The first-order chi connectivity index (χ1) is 15.0. The molecule has 1 unspecified atom stereocenters. The SMILES string of the molecule is CC(C)c1ccc(N(CC(=O)N2CCOCC2)C(=O)C2CCCc3ccccc32)cc1. The number of carbonyl (C=O) groups excluding carboxylic acids is 2. The highest BCUT2D eigenvalue weighted by Gasteiger charge is 2.32. The van der Waals surface area contributed by atoms with Gasteiger partial charge in [0.1, 0.15) is 6.54 Å². The molecule has 5 heteroatoms. The average molecular weight is 421 g/mol. The van der Waals surface area contributed by atoms with Gasteiger partial charge in [-0.3, -0.25) is 9.59 Å². The molecule has 1 heterocycles. The van der Waals surface area contributed by atoms with Crippen LogP contribution in [0, 0.1) is 0 Å². The summed E-state index contributed by atoms with van der Waals surface area (Å²) in [7, 11) is 0. The van der Waals surface area contributed by atoms with Gasteiger partial charge in [-0.15, -0.1) is 0 Å². The summed E-state index contributed by atoms with van der Waals surface area (Å²) in [6.45, 7) is 6.65. The van der Waals surface area contributed by atoms with E-state index in [1.54, 1.807) is 9.80 Å². The van der Waals surface area contributed by atoms with Gasteiger partial charge in [-0.1, -0.05) is 50.2 Å². The third-order valence-electron chi connectivity index (χ3n) is 6.46. The summed E-state index contributed by atoms with van der Waals surface area (Å²) in [5, 5.41) is 0. The number of hydrogen-bond donors (Lipinski definition) is 0. The summed E-state index contributed by atoms with van der Waals surface area (Å²) in [4.78, 5) is 30.4. The molecule has 2 aliphatic rings. The van der Waals surface area contributed by atoms with E-state index in [2.05, 4.69) is 38.1 Å². The van der Waals surface area contributed by atoms with Gasteiger partial charge in [-0.25, -0.2) is 0 Å². The largest absolute Gasteiger partial charge is 0.378 e. The van der Waals surface area contributed by atoms with Gasteiger partial charge in [0.2, 0.25) is 11.8 Å². The van der Waals surface area contributed by atoms with Crippen LogP contribution in [-0.4, -0.2) is 49.6 Å². The zero-order valence-corrected chi connectivity index (χ0v) is 18.5. The number of aryl methyl sites for hydroxylation is 1. The molecule has 1 aliphatic heterocycles. The maximum absolute atomic E-state index is 13.8. The second-order valence-corrected chi connectivity index (χ2v) is 8.81. The Kier molecular flexibility index (Phi) is 6.71. The lowest BCUT2D eigenvalue weighted by atomic mass is 9.82. The van der Waals surface area contributed by atoms with Crippen molar-refractivity contribution in [1.29, 1.82) is 0 Å². The maximum atomic E-state index is 13.8. The fourth-order valence-electron chi connectivity index (χ4n) is 4.58. The van der Waals surface area contributed by atoms with Gasteiger partial charge in [-0.2, -0.15) is 0 Å². The normalized spacial score (nSPS) is 18.5. The first-order valence-electron chi connectivity index (χ1n) is 11.4. The molecule has 2 aromatic rings. The molecule has 0 radical (unpaired) electrons. The van der Waals surface area contributed by atoms with Crippen LogP contribution in [0.4, 0.5) is 5.69 Å². The molecule has 0 bridgehead atoms. The van der Waals surface area contributed by atoms with E-state index in [0.717, 1.165) is 30.5 Å². The smallest absolute Gasteiger partial charge is 0.242 e. The van der Waals surface area contributed by atoms with E-state index >= 15 is 0 Å². The number of morpholine rings is 1. The highest BCUT2D eigenvalue weighted by atomic mass is 16.5. The molecule has 5 nitrogen and oxygen atoms in total. The molecule has 0 N–H and O–H groups in total. The standard InChI is InChI=1S/C26H32N2O3/c1-19(2)20-10-12-22(13-11-20)28(18-25(29)27-14-16-31-17-15-27)26(30)24-9-5-7-21-6-3-4-8-23(21)24/h3-4,6,8,10-13,19,24H,5,7,9,14-18H2,1-2H3. The Balaban J connectivity index is 1.63. The van der Waals surface area contributed by atoms with Crippen LogP contribution in [-0.2, 0) is 20.7 Å². The fraction of sp³-hybridized carbons (Fsp3) is 0.462. The van der Waals surface area contributed by atoms with E-state index < -0.39 is 0 Å². The number of amides is 2. The first-order valence-corrected chi connectivity index (χ1v) is 11.4. The lowest BCUT2D eigenvalue weighted by molar-refractivity contribution is -0.135. The predicted octanol–water partition coefficient (Wildman–Crippen LogP) is 4.12. The number of nitrogens with zero attached hydrogens (tertiary/aromatic N) is 2.